The molecule has 7 heteroatoms. The number of piperazine rings is 1. The summed E-state index contributed by atoms with van der Waals surface area (Å²) in [5.74, 6) is -0.875. The van der Waals surface area contributed by atoms with Crippen LogP contribution in [0.2, 0.25) is 0 Å². The van der Waals surface area contributed by atoms with Crippen LogP contribution in [0.4, 0.5) is 13.2 Å². The van der Waals surface area contributed by atoms with Crippen LogP contribution in [0.15, 0.2) is 0 Å². The average molecular weight is 294 g/mol. The molecule has 0 aliphatic carbocycles. The topological polar surface area (TPSA) is 49.4 Å². The minimum absolute atomic E-state index is 0.418. The molecule has 0 aromatic heterocycles. The third kappa shape index (κ3) is 3.64. The number of amides is 2. The van der Waals surface area contributed by atoms with Gasteiger partial charge in [0.05, 0.1) is 6.42 Å². The monoisotopic (exact) mass is 294 g/mol. The van der Waals surface area contributed by atoms with Crippen LogP contribution >= 0.6 is 0 Å². The molecule has 20 heavy (non-hydrogen) atoms. The molecule has 1 aliphatic heterocycles. The lowest BCUT2D eigenvalue weighted by atomic mass is 9.83. The Kier molecular flexibility index (Phi) is 4.41. The summed E-state index contributed by atoms with van der Waals surface area (Å²) in [6.07, 6.45) is -5.49. The Bertz CT molecular complexity index is 401. The van der Waals surface area contributed by atoms with Gasteiger partial charge in [-0.2, -0.15) is 13.2 Å². The lowest BCUT2D eigenvalue weighted by Gasteiger charge is -2.44. The van der Waals surface area contributed by atoms with Crippen molar-refractivity contribution in [3.63, 3.8) is 0 Å². The van der Waals surface area contributed by atoms with E-state index in [0.717, 1.165) is 4.90 Å². The molecule has 0 spiro atoms. The van der Waals surface area contributed by atoms with Crippen LogP contribution in [-0.2, 0) is 9.59 Å². The van der Waals surface area contributed by atoms with E-state index in [0.29, 0.717) is 0 Å². The molecular formula is C13H21F3N2O2. The summed E-state index contributed by atoms with van der Waals surface area (Å²) in [6, 6.07) is -2.76. The third-order valence-electron chi connectivity index (χ3n) is 3.45. The highest BCUT2D eigenvalue weighted by molar-refractivity contribution is 5.97. The Morgan fingerprint density at radius 2 is 1.75 bits per heavy atom. The maximum Gasteiger partial charge on any atom is 0.391 e. The van der Waals surface area contributed by atoms with Gasteiger partial charge < -0.3 is 10.2 Å². The van der Waals surface area contributed by atoms with E-state index in [2.05, 4.69) is 5.32 Å². The summed E-state index contributed by atoms with van der Waals surface area (Å²) >= 11 is 0. The van der Waals surface area contributed by atoms with Crippen molar-refractivity contribution in [2.45, 2.75) is 65.3 Å². The van der Waals surface area contributed by atoms with Crippen LogP contribution in [0.5, 0.6) is 0 Å². The number of nitrogens with zero attached hydrogens (tertiary/aromatic N) is 1. The van der Waals surface area contributed by atoms with Gasteiger partial charge in [0.2, 0.25) is 11.8 Å². The number of carbonyl (C=O) groups excluding carboxylic acids is 2. The Labute approximate surface area is 116 Å². The Morgan fingerprint density at radius 1 is 1.25 bits per heavy atom. The second-order valence-electron chi connectivity index (χ2n) is 6.40. The molecule has 1 rings (SSSR count). The first kappa shape index (κ1) is 16.8. The van der Waals surface area contributed by atoms with Crippen LogP contribution in [0.1, 0.15) is 41.0 Å². The Balaban J connectivity index is 3.02. The van der Waals surface area contributed by atoms with Crippen molar-refractivity contribution in [1.29, 1.82) is 0 Å². The fourth-order valence-corrected chi connectivity index (χ4v) is 2.41. The highest BCUT2D eigenvalue weighted by Gasteiger charge is 2.46. The van der Waals surface area contributed by atoms with E-state index in [1.165, 1.54) is 13.8 Å². The van der Waals surface area contributed by atoms with Gasteiger partial charge in [0.25, 0.3) is 0 Å². The van der Waals surface area contributed by atoms with Crippen molar-refractivity contribution in [3.05, 3.63) is 0 Å². The maximum absolute atomic E-state index is 12.5. The Morgan fingerprint density at radius 3 is 2.15 bits per heavy atom. The lowest BCUT2D eigenvalue weighted by molar-refractivity contribution is -0.166. The first-order valence-electron chi connectivity index (χ1n) is 6.54. The minimum Gasteiger partial charge on any atom is -0.342 e. The predicted octanol–water partition coefficient (Wildman–Crippen LogP) is 2.09. The SMILES string of the molecule is CC(CC(F)(F)F)N1C(=O)C(C(C)(C)C)NC(=O)C1C. The molecular weight excluding hydrogens is 273 g/mol. The lowest BCUT2D eigenvalue weighted by Crippen LogP contribution is -2.67. The minimum atomic E-state index is -4.37. The largest absolute Gasteiger partial charge is 0.391 e. The van der Waals surface area contributed by atoms with Gasteiger partial charge in [-0.3, -0.25) is 9.59 Å². The van der Waals surface area contributed by atoms with Gasteiger partial charge in [0, 0.05) is 6.04 Å². The first-order valence-corrected chi connectivity index (χ1v) is 6.54. The van der Waals surface area contributed by atoms with E-state index in [4.69, 9.17) is 0 Å². The van der Waals surface area contributed by atoms with Crippen molar-refractivity contribution in [3.8, 4) is 0 Å². The van der Waals surface area contributed by atoms with E-state index in [1.54, 1.807) is 20.8 Å². The van der Waals surface area contributed by atoms with Gasteiger partial charge in [0.1, 0.15) is 12.1 Å². The molecule has 0 bridgehead atoms. The standard InChI is InChI=1S/C13H21F3N2O2/c1-7(6-13(14,15)16)18-8(2)10(19)17-9(11(18)20)12(3,4)5/h7-9H,6H2,1-5H3,(H,17,19). The second kappa shape index (κ2) is 5.26. The Hall–Kier alpha value is -1.27. The van der Waals surface area contributed by atoms with Gasteiger partial charge in [-0.15, -0.1) is 0 Å². The van der Waals surface area contributed by atoms with E-state index >= 15 is 0 Å². The van der Waals surface area contributed by atoms with Crippen LogP contribution in [0, 0.1) is 5.41 Å². The molecule has 4 nitrogen and oxygen atoms in total. The highest BCUT2D eigenvalue weighted by atomic mass is 19.4. The van der Waals surface area contributed by atoms with Crippen molar-refractivity contribution < 1.29 is 22.8 Å². The zero-order chi connectivity index (χ0) is 15.9. The molecule has 1 N–H and O–H groups in total. The molecule has 3 atom stereocenters. The normalized spacial score (nSPS) is 26.5. The van der Waals surface area contributed by atoms with Gasteiger partial charge in [-0.1, -0.05) is 20.8 Å². The summed E-state index contributed by atoms with van der Waals surface area (Å²) in [6.45, 7) is 8.05. The predicted molar refractivity (Wildman–Crippen MR) is 67.8 cm³/mol. The van der Waals surface area contributed by atoms with Crippen molar-refractivity contribution in [1.82, 2.24) is 10.2 Å². The average Bonchev–Trinajstić information content (AvgIpc) is 2.19. The number of hydrogen-bond donors (Lipinski definition) is 1. The molecule has 2 amide bonds. The maximum atomic E-state index is 12.5. The summed E-state index contributed by atoms with van der Waals surface area (Å²) in [4.78, 5) is 25.3. The quantitative estimate of drug-likeness (QED) is 0.848. The molecule has 3 unspecified atom stereocenters. The summed E-state index contributed by atoms with van der Waals surface area (Å²) < 4.78 is 37.5. The van der Waals surface area contributed by atoms with E-state index in [1.807, 2.05) is 0 Å². The number of hydrogen-bond acceptors (Lipinski definition) is 2. The molecule has 0 aromatic carbocycles. The molecule has 1 aliphatic rings. The van der Waals surface area contributed by atoms with Crippen LogP contribution in [0.25, 0.3) is 0 Å². The van der Waals surface area contributed by atoms with Crippen molar-refractivity contribution in [2.75, 3.05) is 0 Å². The fraction of sp³-hybridized carbons (Fsp3) is 0.846. The van der Waals surface area contributed by atoms with E-state index in [-0.39, 0.29) is 0 Å². The molecule has 0 aromatic rings. The number of halogens is 3. The number of alkyl halides is 3. The molecule has 0 radical (unpaired) electrons. The first-order chi connectivity index (χ1) is 8.84. The molecule has 0 saturated carbocycles. The van der Waals surface area contributed by atoms with Crippen molar-refractivity contribution >= 4 is 11.8 Å². The van der Waals surface area contributed by atoms with E-state index in [9.17, 15) is 22.8 Å². The summed E-state index contributed by atoms with van der Waals surface area (Å²) in [5.41, 5.74) is -0.552. The number of rotatable bonds is 2. The highest BCUT2D eigenvalue weighted by Crippen LogP contribution is 2.30. The molecule has 116 valence electrons. The van der Waals surface area contributed by atoms with E-state index < -0.39 is 48.0 Å². The zero-order valence-electron chi connectivity index (χ0n) is 12.3. The molecule has 1 fully saturated rings. The van der Waals surface area contributed by atoms with Gasteiger partial charge >= 0.3 is 6.18 Å². The summed E-state index contributed by atoms with van der Waals surface area (Å²) in [7, 11) is 0. The smallest absolute Gasteiger partial charge is 0.342 e. The third-order valence-corrected chi connectivity index (χ3v) is 3.45. The van der Waals surface area contributed by atoms with Crippen LogP contribution in [-0.4, -0.2) is 41.0 Å². The second-order valence-corrected chi connectivity index (χ2v) is 6.40. The van der Waals surface area contributed by atoms with Crippen molar-refractivity contribution in [2.24, 2.45) is 5.41 Å². The number of nitrogens with one attached hydrogen (secondary N) is 1. The number of carbonyl (C=O) groups is 2. The summed E-state index contributed by atoms with van der Waals surface area (Å²) in [5, 5.41) is 2.59. The van der Waals surface area contributed by atoms with Crippen LogP contribution in [0.3, 0.4) is 0 Å². The van der Waals surface area contributed by atoms with Gasteiger partial charge in [-0.05, 0) is 19.3 Å². The van der Waals surface area contributed by atoms with Gasteiger partial charge in [-0.25, -0.2) is 0 Å². The van der Waals surface area contributed by atoms with Gasteiger partial charge in [0.15, 0.2) is 0 Å². The molecule has 1 heterocycles. The zero-order valence-corrected chi connectivity index (χ0v) is 12.3. The fourth-order valence-electron chi connectivity index (χ4n) is 2.41. The molecule has 1 saturated heterocycles. The van der Waals surface area contributed by atoms with Crippen LogP contribution < -0.4 is 5.32 Å².